The van der Waals surface area contributed by atoms with Gasteiger partial charge in [0.1, 0.15) is 6.04 Å². The Bertz CT molecular complexity index is 693. The van der Waals surface area contributed by atoms with Gasteiger partial charge in [-0.3, -0.25) is 4.79 Å². The summed E-state index contributed by atoms with van der Waals surface area (Å²) in [5, 5.41) is 21.7. The molecular weight excluding hydrogens is 280 g/mol. The third-order valence-electron chi connectivity index (χ3n) is 3.88. The highest BCUT2D eigenvalue weighted by atomic mass is 16.5. The average molecular weight is 298 g/mol. The summed E-state index contributed by atoms with van der Waals surface area (Å²) in [6.07, 6.45) is 0. The molecule has 0 aliphatic carbocycles. The van der Waals surface area contributed by atoms with Crippen molar-refractivity contribution in [1.82, 2.24) is 5.43 Å². The van der Waals surface area contributed by atoms with E-state index in [0.717, 1.165) is 11.1 Å². The molecule has 1 aliphatic rings. The van der Waals surface area contributed by atoms with Crippen molar-refractivity contribution in [2.45, 2.75) is 25.7 Å². The van der Waals surface area contributed by atoms with E-state index in [-0.39, 0.29) is 0 Å². The highest BCUT2D eigenvalue weighted by molar-refractivity contribution is 6.00. The van der Waals surface area contributed by atoms with E-state index in [4.69, 9.17) is 0 Å². The first-order chi connectivity index (χ1) is 10.4. The van der Waals surface area contributed by atoms with Crippen LogP contribution in [0.5, 0.6) is 0 Å². The van der Waals surface area contributed by atoms with E-state index in [2.05, 4.69) is 5.43 Å². The molecule has 1 amide bonds. The van der Waals surface area contributed by atoms with Crippen molar-refractivity contribution in [3.8, 4) is 0 Å². The molecule has 5 heteroatoms. The van der Waals surface area contributed by atoms with Gasteiger partial charge in [0.15, 0.2) is 0 Å². The molecule has 1 heterocycles. The standard InChI is InChI=1S/C17H18N2O3/c1-11-3-7-13(8-4-11)15-17(21,22)16(20)19(18-15)14-9-5-12(2)6-10-14/h3-10,15,18,21-22H,1-2H3. The van der Waals surface area contributed by atoms with Gasteiger partial charge in [0.05, 0.1) is 5.69 Å². The highest BCUT2D eigenvalue weighted by Gasteiger charge is 2.53. The quantitative estimate of drug-likeness (QED) is 0.736. The van der Waals surface area contributed by atoms with Crippen molar-refractivity contribution in [1.29, 1.82) is 0 Å². The predicted octanol–water partition coefficient (Wildman–Crippen LogP) is 1.58. The van der Waals surface area contributed by atoms with Crippen LogP contribution in [0.3, 0.4) is 0 Å². The van der Waals surface area contributed by atoms with Gasteiger partial charge in [0, 0.05) is 0 Å². The number of hydrazine groups is 1. The Labute approximate surface area is 128 Å². The Morgan fingerprint density at radius 2 is 1.45 bits per heavy atom. The highest BCUT2D eigenvalue weighted by Crippen LogP contribution is 2.34. The van der Waals surface area contributed by atoms with Gasteiger partial charge in [-0.05, 0) is 31.5 Å². The Balaban J connectivity index is 1.95. The number of hydrogen-bond donors (Lipinski definition) is 3. The first kappa shape index (κ1) is 14.7. The molecule has 0 spiro atoms. The number of aliphatic hydroxyl groups is 2. The summed E-state index contributed by atoms with van der Waals surface area (Å²) in [4.78, 5) is 12.3. The lowest BCUT2D eigenvalue weighted by Crippen LogP contribution is -2.42. The van der Waals surface area contributed by atoms with Gasteiger partial charge in [-0.1, -0.05) is 47.5 Å². The minimum absolute atomic E-state index is 0.567. The largest absolute Gasteiger partial charge is 0.357 e. The Hall–Kier alpha value is -2.21. The topological polar surface area (TPSA) is 72.8 Å². The minimum Gasteiger partial charge on any atom is -0.357 e. The molecule has 3 rings (SSSR count). The van der Waals surface area contributed by atoms with E-state index in [9.17, 15) is 15.0 Å². The second-order valence-corrected chi connectivity index (χ2v) is 5.68. The van der Waals surface area contributed by atoms with Crippen LogP contribution in [-0.2, 0) is 4.79 Å². The SMILES string of the molecule is Cc1ccc(C2NN(c3ccc(C)cc3)C(=O)C2(O)O)cc1. The fourth-order valence-electron chi connectivity index (χ4n) is 2.52. The Morgan fingerprint density at radius 3 is 2.00 bits per heavy atom. The second-order valence-electron chi connectivity index (χ2n) is 5.68. The molecule has 1 fully saturated rings. The third kappa shape index (κ3) is 2.39. The maximum absolute atomic E-state index is 12.3. The molecule has 0 radical (unpaired) electrons. The summed E-state index contributed by atoms with van der Waals surface area (Å²) < 4.78 is 0. The van der Waals surface area contributed by atoms with Gasteiger partial charge in [-0.2, -0.15) is 0 Å². The van der Waals surface area contributed by atoms with Gasteiger partial charge in [-0.25, -0.2) is 10.4 Å². The number of hydrogen-bond acceptors (Lipinski definition) is 4. The number of amides is 1. The Kier molecular flexibility index (Phi) is 3.48. The second kappa shape index (κ2) is 5.21. The average Bonchev–Trinajstić information content (AvgIpc) is 2.72. The molecule has 2 aromatic carbocycles. The van der Waals surface area contributed by atoms with E-state index in [1.54, 1.807) is 24.3 Å². The maximum atomic E-state index is 12.3. The summed E-state index contributed by atoms with van der Waals surface area (Å²) in [5.41, 5.74) is 6.21. The molecule has 3 N–H and O–H groups in total. The van der Waals surface area contributed by atoms with Crippen LogP contribution in [0.2, 0.25) is 0 Å². The molecule has 114 valence electrons. The summed E-state index contributed by atoms with van der Waals surface area (Å²) in [7, 11) is 0. The molecule has 2 aromatic rings. The lowest BCUT2D eigenvalue weighted by atomic mass is 9.99. The van der Waals surface area contributed by atoms with Crippen molar-refractivity contribution in [2.75, 3.05) is 5.01 Å². The number of rotatable bonds is 2. The summed E-state index contributed by atoms with van der Waals surface area (Å²) in [6.45, 7) is 3.89. The molecular formula is C17H18N2O3. The zero-order chi connectivity index (χ0) is 15.9. The molecule has 22 heavy (non-hydrogen) atoms. The van der Waals surface area contributed by atoms with Gasteiger partial charge in [0.2, 0.25) is 0 Å². The van der Waals surface area contributed by atoms with E-state index in [1.807, 2.05) is 38.1 Å². The van der Waals surface area contributed by atoms with Gasteiger partial charge < -0.3 is 10.2 Å². The van der Waals surface area contributed by atoms with Crippen molar-refractivity contribution in [3.05, 3.63) is 65.2 Å². The zero-order valence-corrected chi connectivity index (χ0v) is 12.4. The van der Waals surface area contributed by atoms with Gasteiger partial charge >= 0.3 is 5.91 Å². The first-order valence-corrected chi connectivity index (χ1v) is 7.08. The van der Waals surface area contributed by atoms with Crippen LogP contribution in [0.4, 0.5) is 5.69 Å². The molecule has 1 aliphatic heterocycles. The van der Waals surface area contributed by atoms with E-state index in [0.29, 0.717) is 11.3 Å². The number of benzene rings is 2. The smallest absolute Gasteiger partial charge is 0.303 e. The van der Waals surface area contributed by atoms with Crippen molar-refractivity contribution >= 4 is 11.6 Å². The van der Waals surface area contributed by atoms with Crippen LogP contribution in [0, 0.1) is 13.8 Å². The summed E-state index contributed by atoms with van der Waals surface area (Å²) >= 11 is 0. The lowest BCUT2D eigenvalue weighted by Gasteiger charge is -2.20. The van der Waals surface area contributed by atoms with E-state index < -0.39 is 17.7 Å². The Morgan fingerprint density at radius 1 is 0.955 bits per heavy atom. The van der Waals surface area contributed by atoms with Crippen LogP contribution in [0.15, 0.2) is 48.5 Å². The van der Waals surface area contributed by atoms with Crippen molar-refractivity contribution in [2.24, 2.45) is 0 Å². The third-order valence-corrected chi connectivity index (χ3v) is 3.88. The molecule has 5 nitrogen and oxygen atoms in total. The zero-order valence-electron chi connectivity index (χ0n) is 12.4. The van der Waals surface area contributed by atoms with Crippen molar-refractivity contribution < 1.29 is 15.0 Å². The summed E-state index contributed by atoms with van der Waals surface area (Å²) in [6, 6.07) is 13.6. The number of anilines is 1. The van der Waals surface area contributed by atoms with Crippen LogP contribution in [-0.4, -0.2) is 21.9 Å². The number of nitrogens with one attached hydrogen (secondary N) is 1. The monoisotopic (exact) mass is 298 g/mol. The van der Waals surface area contributed by atoms with Gasteiger partial charge in [-0.15, -0.1) is 0 Å². The van der Waals surface area contributed by atoms with Crippen LogP contribution in [0.1, 0.15) is 22.7 Å². The molecule has 0 aromatic heterocycles. The first-order valence-electron chi connectivity index (χ1n) is 7.08. The maximum Gasteiger partial charge on any atom is 0.303 e. The predicted molar refractivity (Wildman–Crippen MR) is 82.9 cm³/mol. The molecule has 1 saturated heterocycles. The normalized spacial score (nSPS) is 20.5. The van der Waals surface area contributed by atoms with E-state index in [1.165, 1.54) is 5.01 Å². The van der Waals surface area contributed by atoms with Crippen LogP contribution in [0.25, 0.3) is 0 Å². The number of aryl methyl sites for hydroxylation is 2. The lowest BCUT2D eigenvalue weighted by molar-refractivity contribution is -0.182. The van der Waals surface area contributed by atoms with Crippen LogP contribution < -0.4 is 10.4 Å². The van der Waals surface area contributed by atoms with Crippen molar-refractivity contribution in [3.63, 3.8) is 0 Å². The number of carbonyl (C=O) groups excluding carboxylic acids is 1. The number of nitrogens with zero attached hydrogens (tertiary/aromatic N) is 1. The molecule has 1 atom stereocenters. The van der Waals surface area contributed by atoms with Gasteiger partial charge in [0.25, 0.3) is 5.79 Å². The molecule has 0 saturated carbocycles. The van der Waals surface area contributed by atoms with Crippen LogP contribution >= 0.6 is 0 Å². The summed E-state index contributed by atoms with van der Waals surface area (Å²) in [5.74, 6) is -3.28. The molecule has 1 unspecified atom stereocenters. The fraction of sp³-hybridized carbons (Fsp3) is 0.235. The minimum atomic E-state index is -2.49. The molecule has 0 bridgehead atoms. The fourth-order valence-corrected chi connectivity index (χ4v) is 2.52. The van der Waals surface area contributed by atoms with E-state index >= 15 is 0 Å². The number of carbonyl (C=O) groups is 1.